The Morgan fingerprint density at radius 1 is 1.19 bits per heavy atom. The molecule has 2 amide bonds. The molecule has 0 saturated carbocycles. The Balaban J connectivity index is 0.00000220. The van der Waals surface area contributed by atoms with Crippen LogP contribution < -0.4 is 5.32 Å². The molecular weight excluding hydrogens is 290 g/mol. The van der Waals surface area contributed by atoms with E-state index < -0.39 is 0 Å². The summed E-state index contributed by atoms with van der Waals surface area (Å²) in [5.41, 5.74) is 0. The molecule has 0 aromatic rings. The second kappa shape index (κ2) is 8.59. The Morgan fingerprint density at radius 3 is 2.33 bits per heavy atom. The second-order valence-electron chi connectivity index (χ2n) is 6.17. The number of amides is 2. The molecule has 0 bridgehead atoms. The lowest BCUT2D eigenvalue weighted by Crippen LogP contribution is -2.50. The van der Waals surface area contributed by atoms with Gasteiger partial charge in [0.05, 0.1) is 0 Å². The summed E-state index contributed by atoms with van der Waals surface area (Å²) in [6.45, 7) is 8.69. The van der Waals surface area contributed by atoms with E-state index in [-0.39, 0.29) is 24.2 Å². The quantitative estimate of drug-likeness (QED) is 0.849. The highest BCUT2D eigenvalue weighted by Crippen LogP contribution is 2.23. The Kier molecular flexibility index (Phi) is 7.46. The molecule has 0 aromatic carbocycles. The van der Waals surface area contributed by atoms with Gasteiger partial charge in [0.15, 0.2) is 0 Å². The van der Waals surface area contributed by atoms with E-state index in [4.69, 9.17) is 0 Å². The Hall–Kier alpha value is -0.810. The average molecular weight is 318 g/mol. The van der Waals surface area contributed by atoms with Crippen molar-refractivity contribution in [2.45, 2.75) is 33.1 Å². The number of hydrogen-bond donors (Lipinski definition) is 1. The fourth-order valence-electron chi connectivity index (χ4n) is 3.21. The van der Waals surface area contributed by atoms with Gasteiger partial charge >= 0.3 is 0 Å². The zero-order chi connectivity index (χ0) is 14.5. The van der Waals surface area contributed by atoms with Crippen molar-refractivity contribution in [2.75, 3.05) is 39.3 Å². The number of nitrogens with one attached hydrogen (secondary N) is 1. The van der Waals surface area contributed by atoms with Crippen LogP contribution in [-0.4, -0.2) is 60.9 Å². The van der Waals surface area contributed by atoms with Gasteiger partial charge in [-0.15, -0.1) is 12.4 Å². The van der Waals surface area contributed by atoms with Crippen LogP contribution in [0.25, 0.3) is 0 Å². The van der Waals surface area contributed by atoms with Crippen molar-refractivity contribution in [3.63, 3.8) is 0 Å². The van der Waals surface area contributed by atoms with E-state index in [1.54, 1.807) is 6.92 Å². The van der Waals surface area contributed by atoms with Crippen LogP contribution in [0, 0.1) is 11.8 Å². The van der Waals surface area contributed by atoms with Gasteiger partial charge in [0.2, 0.25) is 11.8 Å². The van der Waals surface area contributed by atoms with Gasteiger partial charge in [0.1, 0.15) is 0 Å². The summed E-state index contributed by atoms with van der Waals surface area (Å²) in [7, 11) is 0. The normalized spacial score (nSPS) is 24.2. The first-order valence-electron chi connectivity index (χ1n) is 7.82. The number of halogens is 1. The smallest absolute Gasteiger partial charge is 0.222 e. The molecule has 21 heavy (non-hydrogen) atoms. The number of rotatable bonds is 3. The Labute approximate surface area is 133 Å². The second-order valence-corrected chi connectivity index (χ2v) is 6.17. The van der Waals surface area contributed by atoms with Crippen molar-refractivity contribution in [1.29, 1.82) is 0 Å². The van der Waals surface area contributed by atoms with Gasteiger partial charge in [-0.05, 0) is 37.8 Å². The van der Waals surface area contributed by atoms with Gasteiger partial charge in [-0.25, -0.2) is 0 Å². The Morgan fingerprint density at radius 2 is 1.81 bits per heavy atom. The van der Waals surface area contributed by atoms with E-state index in [9.17, 15) is 9.59 Å². The van der Waals surface area contributed by atoms with Crippen molar-refractivity contribution in [2.24, 2.45) is 11.8 Å². The van der Waals surface area contributed by atoms with Crippen LogP contribution in [0.1, 0.15) is 33.1 Å². The molecular formula is C15H28ClN3O2. The third kappa shape index (κ3) is 5.15. The standard InChI is InChI=1S/C15H27N3O2.ClH/c1-12(14-4-3-5-16-11-14)10-15(20)18-8-6-17(7-9-18)13(2)19;/h12,14,16H,3-11H2,1-2H3;1H. The van der Waals surface area contributed by atoms with Gasteiger partial charge in [-0.1, -0.05) is 6.92 Å². The molecule has 2 aliphatic rings. The van der Waals surface area contributed by atoms with E-state index in [0.29, 0.717) is 44.4 Å². The van der Waals surface area contributed by atoms with Gasteiger partial charge in [0, 0.05) is 39.5 Å². The van der Waals surface area contributed by atoms with Crippen molar-refractivity contribution < 1.29 is 9.59 Å². The summed E-state index contributed by atoms with van der Waals surface area (Å²) in [6.07, 6.45) is 3.10. The molecule has 2 aliphatic heterocycles. The number of nitrogens with zero attached hydrogens (tertiary/aromatic N) is 2. The van der Waals surface area contributed by atoms with E-state index >= 15 is 0 Å². The van der Waals surface area contributed by atoms with E-state index in [1.807, 2.05) is 9.80 Å². The van der Waals surface area contributed by atoms with Crippen LogP contribution in [0.3, 0.4) is 0 Å². The summed E-state index contributed by atoms with van der Waals surface area (Å²) in [6, 6.07) is 0. The highest BCUT2D eigenvalue weighted by atomic mass is 35.5. The monoisotopic (exact) mass is 317 g/mol. The molecule has 0 aromatic heterocycles. The molecule has 2 atom stereocenters. The first-order chi connectivity index (χ1) is 9.58. The minimum absolute atomic E-state index is 0. The highest BCUT2D eigenvalue weighted by Gasteiger charge is 2.26. The molecule has 2 unspecified atom stereocenters. The zero-order valence-electron chi connectivity index (χ0n) is 13.1. The fourth-order valence-corrected chi connectivity index (χ4v) is 3.21. The predicted molar refractivity (Wildman–Crippen MR) is 85.5 cm³/mol. The average Bonchev–Trinajstić information content (AvgIpc) is 2.48. The van der Waals surface area contributed by atoms with Crippen LogP contribution in [0.15, 0.2) is 0 Å². The van der Waals surface area contributed by atoms with Crippen molar-refractivity contribution in [3.8, 4) is 0 Å². The minimum Gasteiger partial charge on any atom is -0.339 e. The third-order valence-electron chi connectivity index (χ3n) is 4.71. The molecule has 1 N–H and O–H groups in total. The third-order valence-corrected chi connectivity index (χ3v) is 4.71. The molecule has 6 heteroatoms. The maximum absolute atomic E-state index is 12.3. The summed E-state index contributed by atoms with van der Waals surface area (Å²) in [5.74, 6) is 1.44. The number of piperazine rings is 1. The number of carbonyl (C=O) groups is 2. The molecule has 0 aliphatic carbocycles. The van der Waals surface area contributed by atoms with E-state index in [1.165, 1.54) is 12.8 Å². The van der Waals surface area contributed by atoms with Crippen molar-refractivity contribution in [1.82, 2.24) is 15.1 Å². The van der Waals surface area contributed by atoms with Crippen LogP contribution in [0.5, 0.6) is 0 Å². The molecule has 2 rings (SSSR count). The van der Waals surface area contributed by atoms with E-state index in [0.717, 1.165) is 13.1 Å². The molecule has 2 heterocycles. The lowest BCUT2D eigenvalue weighted by atomic mass is 9.85. The molecule has 0 spiro atoms. The first-order valence-corrected chi connectivity index (χ1v) is 7.82. The highest BCUT2D eigenvalue weighted by molar-refractivity contribution is 5.85. The molecule has 2 saturated heterocycles. The number of hydrogen-bond acceptors (Lipinski definition) is 3. The Bertz CT molecular complexity index is 351. The SMILES string of the molecule is CC(=O)N1CCN(C(=O)CC(C)C2CCCNC2)CC1.Cl. The summed E-state index contributed by atoms with van der Waals surface area (Å²) >= 11 is 0. The minimum atomic E-state index is 0. The topological polar surface area (TPSA) is 52.7 Å². The number of carbonyl (C=O) groups excluding carboxylic acids is 2. The van der Waals surface area contributed by atoms with Gasteiger partial charge in [-0.2, -0.15) is 0 Å². The molecule has 2 fully saturated rings. The lowest BCUT2D eigenvalue weighted by Gasteiger charge is -2.35. The summed E-state index contributed by atoms with van der Waals surface area (Å²) < 4.78 is 0. The van der Waals surface area contributed by atoms with Crippen LogP contribution >= 0.6 is 12.4 Å². The van der Waals surface area contributed by atoms with Gasteiger partial charge in [-0.3, -0.25) is 9.59 Å². The molecule has 122 valence electrons. The maximum Gasteiger partial charge on any atom is 0.222 e. The van der Waals surface area contributed by atoms with Crippen molar-refractivity contribution in [3.05, 3.63) is 0 Å². The van der Waals surface area contributed by atoms with Crippen LogP contribution in [-0.2, 0) is 9.59 Å². The van der Waals surface area contributed by atoms with Gasteiger partial charge < -0.3 is 15.1 Å². The van der Waals surface area contributed by atoms with Gasteiger partial charge in [0.25, 0.3) is 0 Å². The summed E-state index contributed by atoms with van der Waals surface area (Å²) in [4.78, 5) is 27.3. The molecule has 0 radical (unpaired) electrons. The van der Waals surface area contributed by atoms with Crippen LogP contribution in [0.2, 0.25) is 0 Å². The fraction of sp³-hybridized carbons (Fsp3) is 0.867. The zero-order valence-corrected chi connectivity index (χ0v) is 14.0. The first kappa shape index (κ1) is 18.2. The largest absolute Gasteiger partial charge is 0.339 e. The van der Waals surface area contributed by atoms with Crippen LogP contribution in [0.4, 0.5) is 0 Å². The summed E-state index contributed by atoms with van der Waals surface area (Å²) in [5, 5.41) is 3.42. The van der Waals surface area contributed by atoms with E-state index in [2.05, 4.69) is 12.2 Å². The maximum atomic E-state index is 12.3. The predicted octanol–water partition coefficient (Wildman–Crippen LogP) is 1.12. The number of piperidine rings is 1. The van der Waals surface area contributed by atoms with Crippen molar-refractivity contribution >= 4 is 24.2 Å². The molecule has 5 nitrogen and oxygen atoms in total. The lowest BCUT2D eigenvalue weighted by molar-refractivity contribution is -0.139.